The van der Waals surface area contributed by atoms with Crippen LogP contribution >= 0.6 is 0 Å². The number of imide groups is 1. The lowest BCUT2D eigenvalue weighted by molar-refractivity contribution is -0.136. The molecule has 0 bridgehead atoms. The van der Waals surface area contributed by atoms with Crippen molar-refractivity contribution in [3.8, 4) is 0 Å². The molecule has 137 valence electrons. The number of fused-ring (bicyclic) bond motifs is 1. The Labute approximate surface area is 152 Å². The Bertz CT molecular complexity index is 784. The summed E-state index contributed by atoms with van der Waals surface area (Å²) >= 11 is 0. The van der Waals surface area contributed by atoms with Crippen molar-refractivity contribution in [3.63, 3.8) is 0 Å². The fourth-order valence-electron chi connectivity index (χ4n) is 4.27. The monoisotopic (exact) mass is 355 g/mol. The van der Waals surface area contributed by atoms with E-state index in [0.29, 0.717) is 25.1 Å². The smallest absolute Gasteiger partial charge is 0.332 e. The van der Waals surface area contributed by atoms with Gasteiger partial charge in [-0.2, -0.15) is 0 Å². The van der Waals surface area contributed by atoms with Crippen LogP contribution in [-0.4, -0.2) is 53.8 Å². The van der Waals surface area contributed by atoms with E-state index in [2.05, 4.69) is 19.0 Å². The predicted octanol–water partition coefficient (Wildman–Crippen LogP) is 1.23. The number of amides is 4. The van der Waals surface area contributed by atoms with Gasteiger partial charge in [0.25, 0.3) is 11.8 Å². The Kier molecular flexibility index (Phi) is 3.63. The highest BCUT2D eigenvalue weighted by Gasteiger charge is 2.62. The zero-order valence-corrected chi connectivity index (χ0v) is 15.1. The summed E-state index contributed by atoms with van der Waals surface area (Å²) in [6.45, 7) is 0.350. The van der Waals surface area contributed by atoms with E-state index in [1.807, 2.05) is 12.1 Å². The first-order valence-electron chi connectivity index (χ1n) is 8.93. The summed E-state index contributed by atoms with van der Waals surface area (Å²) < 4.78 is 0. The molecule has 2 saturated heterocycles. The Hall–Kier alpha value is -2.41. The van der Waals surface area contributed by atoms with Gasteiger partial charge < -0.3 is 10.6 Å². The number of primary amides is 1. The number of hydrogen-bond acceptors (Lipinski definition) is 4. The summed E-state index contributed by atoms with van der Waals surface area (Å²) in [4.78, 5) is 42.6. The van der Waals surface area contributed by atoms with E-state index in [1.54, 1.807) is 18.6 Å². The highest BCUT2D eigenvalue weighted by Crippen LogP contribution is 2.50. The number of carbonyl (C=O) groups excluding carboxylic acids is 3. The number of rotatable bonds is 4. The number of nitrogens with zero attached hydrogens (tertiary/aromatic N) is 3. The van der Waals surface area contributed by atoms with Gasteiger partial charge in [0, 0.05) is 18.5 Å². The second kappa shape index (κ2) is 5.54. The lowest BCUT2D eigenvalue weighted by atomic mass is 9.86. The van der Waals surface area contributed by atoms with Crippen molar-refractivity contribution in [2.45, 2.75) is 36.8 Å². The Morgan fingerprint density at radius 3 is 2.31 bits per heavy atom. The summed E-state index contributed by atoms with van der Waals surface area (Å²) in [6, 6.07) is 7.00. The number of anilines is 1. The quantitative estimate of drug-likeness (QED) is 0.650. The molecule has 1 saturated carbocycles. The minimum absolute atomic E-state index is 0.0528. The maximum atomic E-state index is 13.0. The lowest BCUT2D eigenvalue weighted by Crippen LogP contribution is -2.61. The van der Waals surface area contributed by atoms with E-state index in [9.17, 15) is 14.4 Å². The van der Waals surface area contributed by atoms with Crippen LogP contribution in [0.2, 0.25) is 0 Å². The number of nitrogens with two attached hydrogens (primary N) is 1. The van der Waals surface area contributed by atoms with Crippen molar-refractivity contribution in [1.29, 1.82) is 0 Å². The minimum Gasteiger partial charge on any atom is -0.367 e. The molecule has 1 aromatic carbocycles. The maximum absolute atomic E-state index is 13.0. The average Bonchev–Trinajstić information content (AvgIpc) is 3.40. The normalized spacial score (nSPS) is 27.0. The van der Waals surface area contributed by atoms with Crippen LogP contribution in [0.4, 0.5) is 10.5 Å². The van der Waals surface area contributed by atoms with Gasteiger partial charge in [-0.05, 0) is 57.5 Å². The highest BCUT2D eigenvalue weighted by atomic mass is 16.2. The van der Waals surface area contributed by atoms with Crippen LogP contribution in [-0.2, 0) is 15.1 Å². The number of carbonyl (C=O) groups is 3. The van der Waals surface area contributed by atoms with E-state index in [4.69, 9.17) is 5.73 Å². The Morgan fingerprint density at radius 2 is 1.81 bits per heavy atom. The molecule has 26 heavy (non-hydrogen) atoms. The summed E-state index contributed by atoms with van der Waals surface area (Å²) in [5.74, 6) is -1.37. The molecule has 0 aromatic heterocycles. The second-order valence-electron chi connectivity index (χ2n) is 7.52. The molecule has 7 heteroatoms. The highest BCUT2D eigenvalue weighted by molar-refractivity contribution is 6.31. The van der Waals surface area contributed by atoms with Crippen LogP contribution in [0.15, 0.2) is 24.3 Å². The van der Waals surface area contributed by atoms with E-state index in [-0.39, 0.29) is 5.54 Å². The van der Waals surface area contributed by atoms with Gasteiger partial charge in [-0.15, -0.1) is 0 Å². The van der Waals surface area contributed by atoms with Crippen molar-refractivity contribution in [2.75, 3.05) is 25.5 Å². The third-order valence-electron chi connectivity index (χ3n) is 6.02. The molecule has 3 fully saturated rings. The summed E-state index contributed by atoms with van der Waals surface area (Å²) in [5.41, 5.74) is 5.59. The number of hydrogen-bond donors (Lipinski definition) is 1. The van der Waals surface area contributed by atoms with Gasteiger partial charge in [-0.3, -0.25) is 14.5 Å². The number of benzene rings is 1. The molecule has 2 N–H and O–H groups in total. The fraction of sp³-hybridized carbons (Fsp3) is 0.474. The molecule has 1 aliphatic carbocycles. The van der Waals surface area contributed by atoms with E-state index in [0.717, 1.165) is 17.7 Å². The molecule has 4 amide bonds. The van der Waals surface area contributed by atoms with Crippen molar-refractivity contribution in [3.05, 3.63) is 36.2 Å². The molecule has 1 aromatic rings. The van der Waals surface area contributed by atoms with E-state index >= 15 is 0 Å². The zero-order valence-electron chi connectivity index (χ0n) is 15.1. The van der Waals surface area contributed by atoms with Gasteiger partial charge in [-0.1, -0.05) is 12.1 Å². The van der Waals surface area contributed by atoms with E-state index in [1.165, 1.54) is 10.5 Å². The second-order valence-corrected chi connectivity index (χ2v) is 7.52. The van der Waals surface area contributed by atoms with Gasteiger partial charge in [0.1, 0.15) is 0 Å². The first-order chi connectivity index (χ1) is 12.3. The fourth-order valence-corrected chi connectivity index (χ4v) is 4.27. The maximum Gasteiger partial charge on any atom is 0.332 e. The molecule has 4 rings (SSSR count). The standard InChI is InChI=1S/C19H23N4O3/c1-21(2)18(10-11-18)13-5-7-14(8-6-13)23-16(25)19(15(20)24)9-3-4-12-22(19)17(23)26/h5-9H,3-4,10-12H2,1-2H3,(H2,20,24)/t19-/m0/s1. The van der Waals surface area contributed by atoms with Crippen molar-refractivity contribution < 1.29 is 14.4 Å². The molecule has 1 radical (unpaired) electrons. The first kappa shape index (κ1) is 17.0. The molecule has 1 atom stereocenters. The number of piperidine rings is 1. The topological polar surface area (TPSA) is 86.9 Å². The van der Waals surface area contributed by atoms with E-state index < -0.39 is 23.4 Å². The van der Waals surface area contributed by atoms with Crippen LogP contribution in [0.1, 0.15) is 31.2 Å². The van der Waals surface area contributed by atoms with Gasteiger partial charge in [0.2, 0.25) is 5.54 Å². The van der Waals surface area contributed by atoms with Crippen LogP contribution in [0, 0.1) is 6.42 Å². The van der Waals surface area contributed by atoms with Crippen LogP contribution in [0.25, 0.3) is 0 Å². The minimum atomic E-state index is -1.64. The predicted molar refractivity (Wildman–Crippen MR) is 96.1 cm³/mol. The van der Waals surface area contributed by atoms with Gasteiger partial charge >= 0.3 is 6.03 Å². The largest absolute Gasteiger partial charge is 0.367 e. The molecule has 2 heterocycles. The summed E-state index contributed by atoms with van der Waals surface area (Å²) in [5, 5.41) is 0. The van der Waals surface area contributed by atoms with Crippen molar-refractivity contribution >= 4 is 23.5 Å². The molecular formula is C19H23N4O3. The van der Waals surface area contributed by atoms with Crippen molar-refractivity contribution in [1.82, 2.24) is 9.80 Å². The SMILES string of the molecule is CN(C)C1(c2ccc(N3C(=O)N4CCC[CH][C@]4(C(N)=O)C3=O)cc2)CC1. The summed E-state index contributed by atoms with van der Waals surface area (Å²) in [7, 11) is 4.11. The molecule has 0 unspecified atom stereocenters. The molecular weight excluding hydrogens is 332 g/mol. The third kappa shape index (κ3) is 2.06. The Morgan fingerprint density at radius 1 is 1.15 bits per heavy atom. The molecule has 7 nitrogen and oxygen atoms in total. The van der Waals surface area contributed by atoms with Gasteiger partial charge in [0.15, 0.2) is 0 Å². The summed E-state index contributed by atoms with van der Waals surface area (Å²) in [6.07, 6.45) is 5.06. The van der Waals surface area contributed by atoms with Gasteiger partial charge in [0.05, 0.1) is 5.69 Å². The third-order valence-corrected chi connectivity index (χ3v) is 6.02. The first-order valence-corrected chi connectivity index (χ1v) is 8.93. The molecule has 0 spiro atoms. The van der Waals surface area contributed by atoms with Crippen LogP contribution in [0.3, 0.4) is 0 Å². The number of urea groups is 1. The Balaban J connectivity index is 1.69. The van der Waals surface area contributed by atoms with Crippen LogP contribution < -0.4 is 10.6 Å². The van der Waals surface area contributed by atoms with Crippen LogP contribution in [0.5, 0.6) is 0 Å². The lowest BCUT2D eigenvalue weighted by Gasteiger charge is -2.35. The van der Waals surface area contributed by atoms with Gasteiger partial charge in [-0.25, -0.2) is 9.69 Å². The molecule has 3 aliphatic rings. The molecule has 2 aliphatic heterocycles. The average molecular weight is 355 g/mol. The van der Waals surface area contributed by atoms with Crippen molar-refractivity contribution in [2.24, 2.45) is 5.73 Å². The zero-order chi connectivity index (χ0) is 18.7.